The average Bonchev–Trinajstić information content (AvgIpc) is 3.81. The molecule has 0 unspecified atom stereocenters. The molecular weight excluding hydrogens is 863 g/mol. The summed E-state index contributed by atoms with van der Waals surface area (Å²) >= 11 is 0. The molecule has 65 heavy (non-hydrogen) atoms. The number of imidazole rings is 1. The van der Waals surface area contributed by atoms with Gasteiger partial charge in [-0.05, 0) is 80.2 Å². The summed E-state index contributed by atoms with van der Waals surface area (Å²) in [5.74, 6) is -1.95. The van der Waals surface area contributed by atoms with Gasteiger partial charge in [-0.3, -0.25) is 28.7 Å². The van der Waals surface area contributed by atoms with E-state index in [2.05, 4.69) is 83.0 Å². The molecule has 0 amide bonds. The van der Waals surface area contributed by atoms with Crippen molar-refractivity contribution in [1.82, 2.24) is 19.5 Å². The summed E-state index contributed by atoms with van der Waals surface area (Å²) in [6.07, 6.45) is -3.01. The Labute approximate surface area is 380 Å². The van der Waals surface area contributed by atoms with Gasteiger partial charge < -0.3 is 33.1 Å². The van der Waals surface area contributed by atoms with Gasteiger partial charge in [-0.1, -0.05) is 84.0 Å². The third-order valence-corrected chi connectivity index (χ3v) is 23.1. The van der Waals surface area contributed by atoms with Gasteiger partial charge in [-0.25, -0.2) is 4.98 Å². The van der Waals surface area contributed by atoms with Crippen molar-refractivity contribution < 1.29 is 42.2 Å². The Morgan fingerprint density at radius 1 is 0.831 bits per heavy atom. The molecular formula is C48H61N5O10Si2. The molecule has 15 nitrogen and oxygen atoms in total. The molecule has 1 aliphatic heterocycles. The summed E-state index contributed by atoms with van der Waals surface area (Å²) in [6, 6.07) is 15.0. The topological polar surface area (TPSA) is 182 Å². The molecule has 1 aliphatic carbocycles. The molecule has 0 saturated carbocycles. The van der Waals surface area contributed by atoms with E-state index < -0.39 is 76.8 Å². The van der Waals surface area contributed by atoms with Crippen LogP contribution in [-0.4, -0.2) is 85.1 Å². The average molecular weight is 924 g/mol. The Morgan fingerprint density at radius 3 is 2.08 bits per heavy atom. The molecule has 346 valence electrons. The Morgan fingerprint density at radius 2 is 1.45 bits per heavy atom. The molecule has 17 heteroatoms. The second-order valence-electron chi connectivity index (χ2n) is 20.6. The maximum atomic E-state index is 14.0. The van der Waals surface area contributed by atoms with Crippen molar-refractivity contribution in [3.05, 3.63) is 76.3 Å². The highest BCUT2D eigenvalue weighted by Gasteiger charge is 2.51. The molecule has 4 aromatic carbocycles. The number of esters is 3. The lowest BCUT2D eigenvalue weighted by Gasteiger charge is -2.43. The van der Waals surface area contributed by atoms with E-state index in [-0.39, 0.29) is 33.3 Å². The second-order valence-corrected chi connectivity index (χ2v) is 30.2. The number of aromatic nitrogens is 4. The van der Waals surface area contributed by atoms with Gasteiger partial charge in [0.1, 0.15) is 12.3 Å². The monoisotopic (exact) mass is 923 g/mol. The van der Waals surface area contributed by atoms with E-state index in [1.165, 1.54) is 20.8 Å². The van der Waals surface area contributed by atoms with Gasteiger partial charge in [0.25, 0.3) is 5.56 Å². The standard InChI is InChI=1S/C48H61N5O10Si2/c1-25(54)59-41-32-21-30-18-17-28-15-14-16-29-19-20-31(37(30)36(28)29)38(32)39(42(60-26(2)55)43(41)61-27(3)56)50-46-51-44-40(45(57)52-46)49-24-53(44)35-22-33(63-65(12,13)48(7,8)9)34(62-35)23-58-64(10,11)47(4,5)6/h14-21,24,33-35,39,41-43H,22-23H2,1-13H3,(H2,50,51,52,57)/t33-,34+,35+,39+,41-,42+,43+/m0/s1. The number of nitrogens with zero attached hydrogens (tertiary/aromatic N) is 3. The molecule has 0 spiro atoms. The lowest BCUT2D eigenvalue weighted by molar-refractivity contribution is -0.187. The molecule has 3 heterocycles. The predicted octanol–water partition coefficient (Wildman–Crippen LogP) is 9.35. The molecule has 7 atom stereocenters. The second kappa shape index (κ2) is 16.6. The molecule has 2 aromatic heterocycles. The smallest absolute Gasteiger partial charge is 0.303 e. The zero-order chi connectivity index (χ0) is 47.1. The SMILES string of the molecule is CC(=O)O[C@H]1[C@H](OC(C)=O)[C@@H](OC(C)=O)c2cc3ccc4cccc5ccc(c2[C@H]1Nc1nc2c(ncn2[C@H]2C[C@H](O[Si](C)(C)C(C)(C)C)[C@@H](CO[Si](C)(C)C(C)(C)C)O2)c(=O)[nH]1)c3c45. The van der Waals surface area contributed by atoms with Crippen LogP contribution in [0.15, 0.2) is 59.7 Å². The highest BCUT2D eigenvalue weighted by Crippen LogP contribution is 2.50. The molecule has 2 N–H and O–H groups in total. The van der Waals surface area contributed by atoms with Crippen molar-refractivity contribution in [3.63, 3.8) is 0 Å². The van der Waals surface area contributed by atoms with E-state index in [4.69, 9.17) is 32.8 Å². The number of fused-ring (bicyclic) bond motifs is 3. The molecule has 2 aliphatic rings. The number of carbonyl (C=O) groups is 3. The number of hydrogen-bond acceptors (Lipinski definition) is 13. The number of carbonyl (C=O) groups excluding carboxylic acids is 3. The van der Waals surface area contributed by atoms with E-state index >= 15 is 0 Å². The first-order valence-corrected chi connectivity index (χ1v) is 28.1. The fourth-order valence-corrected chi connectivity index (χ4v) is 11.2. The molecule has 0 radical (unpaired) electrons. The van der Waals surface area contributed by atoms with Crippen LogP contribution in [0.5, 0.6) is 0 Å². The highest BCUT2D eigenvalue weighted by atomic mass is 28.4. The van der Waals surface area contributed by atoms with Crippen LogP contribution in [0.2, 0.25) is 36.3 Å². The van der Waals surface area contributed by atoms with Crippen LogP contribution in [0, 0.1) is 0 Å². The van der Waals surface area contributed by atoms with Crippen molar-refractivity contribution in [2.45, 2.75) is 148 Å². The molecule has 8 rings (SSSR count). The van der Waals surface area contributed by atoms with Gasteiger partial charge in [0.2, 0.25) is 5.95 Å². The van der Waals surface area contributed by atoms with E-state index in [0.717, 1.165) is 32.3 Å². The van der Waals surface area contributed by atoms with Gasteiger partial charge in [-0.15, -0.1) is 0 Å². The lowest BCUT2D eigenvalue weighted by atomic mass is 9.77. The maximum absolute atomic E-state index is 14.0. The minimum absolute atomic E-state index is 0.0135. The number of hydrogen-bond donors (Lipinski definition) is 2. The van der Waals surface area contributed by atoms with E-state index in [9.17, 15) is 19.2 Å². The van der Waals surface area contributed by atoms with Gasteiger partial charge in [0.15, 0.2) is 46.1 Å². The minimum Gasteiger partial charge on any atom is -0.456 e. The Kier molecular flexibility index (Phi) is 11.8. The normalized spacial score (nSPS) is 23.0. The van der Waals surface area contributed by atoms with Crippen LogP contribution in [0.1, 0.15) is 98.2 Å². The van der Waals surface area contributed by atoms with Crippen molar-refractivity contribution in [2.24, 2.45) is 0 Å². The summed E-state index contributed by atoms with van der Waals surface area (Å²) in [4.78, 5) is 65.1. The Bertz CT molecular complexity index is 2860. The number of H-pyrrole nitrogens is 1. The van der Waals surface area contributed by atoms with Crippen molar-refractivity contribution >= 4 is 84.0 Å². The van der Waals surface area contributed by atoms with Crippen LogP contribution < -0.4 is 10.9 Å². The summed E-state index contributed by atoms with van der Waals surface area (Å²) < 4.78 is 40.3. The van der Waals surface area contributed by atoms with Crippen molar-refractivity contribution in [3.8, 4) is 0 Å². The van der Waals surface area contributed by atoms with Crippen molar-refractivity contribution in [2.75, 3.05) is 11.9 Å². The number of anilines is 1. The first kappa shape index (κ1) is 46.3. The zero-order valence-corrected chi connectivity index (χ0v) is 41.6. The number of aromatic amines is 1. The fraction of sp³-hybridized carbons (Fsp3) is 0.500. The summed E-state index contributed by atoms with van der Waals surface area (Å²) in [7, 11) is -4.44. The maximum Gasteiger partial charge on any atom is 0.303 e. The third-order valence-electron chi connectivity index (χ3n) is 14.1. The van der Waals surface area contributed by atoms with Gasteiger partial charge in [-0.2, -0.15) is 4.98 Å². The quantitative estimate of drug-likeness (QED) is 0.0543. The first-order valence-electron chi connectivity index (χ1n) is 22.3. The van der Waals surface area contributed by atoms with Gasteiger partial charge >= 0.3 is 17.9 Å². The van der Waals surface area contributed by atoms with Gasteiger partial charge in [0, 0.05) is 32.8 Å². The number of nitrogens with one attached hydrogen (secondary N) is 2. The highest BCUT2D eigenvalue weighted by molar-refractivity contribution is 6.74. The third kappa shape index (κ3) is 8.57. The van der Waals surface area contributed by atoms with Gasteiger partial charge in [0.05, 0.1) is 25.1 Å². The lowest BCUT2D eigenvalue weighted by Crippen LogP contribution is -2.50. The first-order chi connectivity index (χ1) is 30.3. The van der Waals surface area contributed by atoms with Crippen LogP contribution >= 0.6 is 0 Å². The molecule has 0 bridgehead atoms. The Hall–Kier alpha value is -5.21. The number of rotatable bonds is 11. The summed E-state index contributed by atoms with van der Waals surface area (Å²) in [5.41, 5.74) is 0.972. The van der Waals surface area contributed by atoms with E-state index in [1.54, 1.807) is 10.9 Å². The molecule has 1 saturated heterocycles. The van der Waals surface area contributed by atoms with Crippen molar-refractivity contribution in [1.29, 1.82) is 0 Å². The van der Waals surface area contributed by atoms with Crippen LogP contribution in [0.25, 0.3) is 43.5 Å². The fourth-order valence-electron chi connectivity index (χ4n) is 8.81. The van der Waals surface area contributed by atoms with Crippen LogP contribution in [0.4, 0.5) is 5.95 Å². The summed E-state index contributed by atoms with van der Waals surface area (Å²) in [5, 5.41) is 8.99. The Balaban J connectivity index is 1.25. The molecule has 6 aromatic rings. The van der Waals surface area contributed by atoms with Crippen LogP contribution in [-0.2, 0) is 42.2 Å². The minimum atomic E-state index is -2.28. The molecule has 1 fully saturated rings. The number of benzene rings is 4. The largest absolute Gasteiger partial charge is 0.456 e. The predicted molar refractivity (Wildman–Crippen MR) is 254 cm³/mol. The van der Waals surface area contributed by atoms with Crippen LogP contribution in [0.3, 0.4) is 0 Å². The zero-order valence-electron chi connectivity index (χ0n) is 39.6. The summed E-state index contributed by atoms with van der Waals surface area (Å²) in [6.45, 7) is 26.2. The number of ether oxygens (including phenoxy) is 4. The van der Waals surface area contributed by atoms with E-state index in [1.807, 2.05) is 48.5 Å². The van der Waals surface area contributed by atoms with E-state index in [0.29, 0.717) is 24.2 Å².